The molecule has 1 N–H and O–H groups in total. The number of esters is 1. The fourth-order valence-corrected chi connectivity index (χ4v) is 4.47. The molecule has 31 heavy (non-hydrogen) atoms. The van der Waals surface area contributed by atoms with E-state index >= 15 is 0 Å². The minimum Gasteiger partial charge on any atom is -0.464 e. The lowest BCUT2D eigenvalue weighted by molar-refractivity contribution is -0.127. The molecule has 1 aromatic heterocycles. The molecular formula is C23H28N4O4. The molecule has 1 aromatic carbocycles. The van der Waals surface area contributed by atoms with E-state index in [0.717, 1.165) is 36.8 Å². The summed E-state index contributed by atoms with van der Waals surface area (Å²) in [6.07, 6.45) is 4.07. The normalized spacial score (nSPS) is 21.2. The van der Waals surface area contributed by atoms with Gasteiger partial charge in [-0.3, -0.25) is 19.2 Å². The van der Waals surface area contributed by atoms with E-state index in [1.165, 1.54) is 17.9 Å². The monoisotopic (exact) mass is 424 g/mol. The van der Waals surface area contributed by atoms with Gasteiger partial charge in [-0.25, -0.2) is 4.79 Å². The standard InChI is InChI=1S/C23H28N4O4/c1-14-9-10-17(11-15(14)2)27-20(28)19-12-18(21(29)31-4)25-26(19)13-23(27,3)22(30)24-16-7-5-6-8-16/h9-12,16H,5-8,13H2,1-4H3,(H,24,30). The first kappa shape index (κ1) is 21.1. The number of anilines is 1. The van der Waals surface area contributed by atoms with Crippen molar-refractivity contribution in [3.63, 3.8) is 0 Å². The van der Waals surface area contributed by atoms with Crippen LogP contribution in [0.2, 0.25) is 0 Å². The van der Waals surface area contributed by atoms with Gasteiger partial charge in [0.15, 0.2) is 5.69 Å². The van der Waals surface area contributed by atoms with E-state index in [-0.39, 0.29) is 35.8 Å². The van der Waals surface area contributed by atoms with Gasteiger partial charge in [-0.2, -0.15) is 5.10 Å². The number of nitrogens with zero attached hydrogens (tertiary/aromatic N) is 3. The van der Waals surface area contributed by atoms with Crippen LogP contribution in [0.1, 0.15) is 64.7 Å². The van der Waals surface area contributed by atoms with Gasteiger partial charge >= 0.3 is 5.97 Å². The molecule has 0 bridgehead atoms. The minimum absolute atomic E-state index is 0.0475. The summed E-state index contributed by atoms with van der Waals surface area (Å²) >= 11 is 0. The minimum atomic E-state index is -1.20. The number of carbonyl (C=O) groups is 3. The molecule has 1 fully saturated rings. The number of hydrogen-bond donors (Lipinski definition) is 1. The second kappa shape index (κ2) is 7.83. The van der Waals surface area contributed by atoms with Crippen LogP contribution in [0.15, 0.2) is 24.3 Å². The van der Waals surface area contributed by atoms with Crippen molar-refractivity contribution in [1.29, 1.82) is 0 Å². The Morgan fingerprint density at radius 1 is 1.16 bits per heavy atom. The van der Waals surface area contributed by atoms with Crippen molar-refractivity contribution in [3.05, 3.63) is 46.8 Å². The first-order valence-electron chi connectivity index (χ1n) is 10.6. The number of benzene rings is 1. The van der Waals surface area contributed by atoms with Gasteiger partial charge in [0.25, 0.3) is 5.91 Å². The molecule has 1 aliphatic carbocycles. The zero-order chi connectivity index (χ0) is 22.3. The van der Waals surface area contributed by atoms with Gasteiger partial charge in [0.05, 0.1) is 13.7 Å². The summed E-state index contributed by atoms with van der Waals surface area (Å²) in [5, 5.41) is 7.40. The molecule has 1 aliphatic heterocycles. The fourth-order valence-electron chi connectivity index (χ4n) is 4.47. The van der Waals surface area contributed by atoms with Crippen LogP contribution in [0, 0.1) is 13.8 Å². The Labute approximate surface area is 181 Å². The molecule has 2 aliphatic rings. The number of fused-ring (bicyclic) bond motifs is 1. The maximum atomic E-state index is 13.6. The van der Waals surface area contributed by atoms with Gasteiger partial charge in [-0.05, 0) is 56.9 Å². The first-order chi connectivity index (χ1) is 14.7. The molecule has 1 unspecified atom stereocenters. The van der Waals surface area contributed by atoms with Gasteiger partial charge in [0.2, 0.25) is 5.91 Å². The lowest BCUT2D eigenvalue weighted by Crippen LogP contribution is -2.65. The van der Waals surface area contributed by atoms with Crippen LogP contribution in [0.3, 0.4) is 0 Å². The van der Waals surface area contributed by atoms with Gasteiger partial charge < -0.3 is 10.1 Å². The second-order valence-electron chi connectivity index (χ2n) is 8.70. The van der Waals surface area contributed by atoms with Gasteiger partial charge in [-0.1, -0.05) is 18.9 Å². The molecular weight excluding hydrogens is 396 g/mol. The predicted molar refractivity (Wildman–Crippen MR) is 115 cm³/mol. The lowest BCUT2D eigenvalue weighted by atomic mass is 9.93. The highest BCUT2D eigenvalue weighted by atomic mass is 16.5. The van der Waals surface area contributed by atoms with Gasteiger partial charge in [0.1, 0.15) is 11.2 Å². The van der Waals surface area contributed by atoms with Crippen LogP contribution in [-0.4, -0.2) is 46.3 Å². The number of carbonyl (C=O) groups excluding carboxylic acids is 3. The van der Waals surface area contributed by atoms with E-state index < -0.39 is 11.5 Å². The highest BCUT2D eigenvalue weighted by molar-refractivity contribution is 6.12. The SMILES string of the molecule is COC(=O)c1cc2n(n1)CC(C)(C(=O)NC1CCCC1)N(c1ccc(C)c(C)c1)C2=O. The van der Waals surface area contributed by atoms with Crippen molar-refractivity contribution >= 4 is 23.5 Å². The fraction of sp³-hybridized carbons (Fsp3) is 0.478. The van der Waals surface area contributed by atoms with Crippen molar-refractivity contribution in [3.8, 4) is 0 Å². The number of nitrogens with one attached hydrogen (secondary N) is 1. The van der Waals surface area contributed by atoms with E-state index in [9.17, 15) is 14.4 Å². The molecule has 8 heteroatoms. The Kier molecular flexibility index (Phi) is 5.33. The molecule has 8 nitrogen and oxygen atoms in total. The van der Waals surface area contributed by atoms with E-state index in [0.29, 0.717) is 5.69 Å². The third kappa shape index (κ3) is 3.60. The number of hydrogen-bond acceptors (Lipinski definition) is 5. The molecule has 164 valence electrons. The summed E-state index contributed by atoms with van der Waals surface area (Å²) in [7, 11) is 1.27. The Morgan fingerprint density at radius 2 is 1.87 bits per heavy atom. The summed E-state index contributed by atoms with van der Waals surface area (Å²) in [6.45, 7) is 5.87. The highest BCUT2D eigenvalue weighted by Gasteiger charge is 2.49. The number of rotatable bonds is 4. The number of aryl methyl sites for hydroxylation is 2. The molecule has 1 atom stereocenters. The molecule has 0 radical (unpaired) electrons. The maximum Gasteiger partial charge on any atom is 0.358 e. The molecule has 2 aromatic rings. The summed E-state index contributed by atoms with van der Waals surface area (Å²) in [4.78, 5) is 40.7. The molecule has 4 rings (SSSR count). The van der Waals surface area contributed by atoms with Crippen molar-refractivity contribution < 1.29 is 19.1 Å². The third-order valence-electron chi connectivity index (χ3n) is 6.48. The Hall–Kier alpha value is -3.16. The smallest absolute Gasteiger partial charge is 0.358 e. The highest BCUT2D eigenvalue weighted by Crippen LogP contribution is 2.34. The number of amides is 2. The van der Waals surface area contributed by atoms with Gasteiger partial charge in [-0.15, -0.1) is 0 Å². The van der Waals surface area contributed by atoms with E-state index in [1.807, 2.05) is 32.0 Å². The third-order valence-corrected chi connectivity index (χ3v) is 6.48. The van der Waals surface area contributed by atoms with Crippen molar-refractivity contribution in [2.45, 2.75) is 64.6 Å². The number of ether oxygens (including phenoxy) is 1. The van der Waals surface area contributed by atoms with Crippen molar-refractivity contribution in [2.75, 3.05) is 12.0 Å². The molecule has 2 heterocycles. The largest absolute Gasteiger partial charge is 0.464 e. The average Bonchev–Trinajstić information content (AvgIpc) is 3.40. The zero-order valence-electron chi connectivity index (χ0n) is 18.4. The Morgan fingerprint density at radius 3 is 2.52 bits per heavy atom. The van der Waals surface area contributed by atoms with E-state index in [4.69, 9.17) is 4.74 Å². The molecule has 0 spiro atoms. The number of aromatic nitrogens is 2. The van der Waals surface area contributed by atoms with Crippen LogP contribution in [-0.2, 0) is 16.1 Å². The maximum absolute atomic E-state index is 13.6. The zero-order valence-corrected chi connectivity index (χ0v) is 18.4. The van der Waals surface area contributed by atoms with Crippen LogP contribution in [0.25, 0.3) is 0 Å². The molecule has 0 saturated heterocycles. The van der Waals surface area contributed by atoms with Gasteiger partial charge in [0, 0.05) is 17.8 Å². The number of methoxy groups -OCH3 is 1. The Balaban J connectivity index is 1.79. The topological polar surface area (TPSA) is 93.5 Å². The molecule has 1 saturated carbocycles. The quantitative estimate of drug-likeness (QED) is 0.762. The first-order valence-corrected chi connectivity index (χ1v) is 10.6. The average molecular weight is 425 g/mol. The second-order valence-corrected chi connectivity index (χ2v) is 8.70. The van der Waals surface area contributed by atoms with Crippen LogP contribution < -0.4 is 10.2 Å². The lowest BCUT2D eigenvalue weighted by Gasteiger charge is -2.43. The van der Waals surface area contributed by atoms with Crippen molar-refractivity contribution in [2.24, 2.45) is 0 Å². The van der Waals surface area contributed by atoms with Crippen molar-refractivity contribution in [1.82, 2.24) is 15.1 Å². The molecule has 2 amide bonds. The Bertz CT molecular complexity index is 1050. The summed E-state index contributed by atoms with van der Waals surface area (Å²) in [5.41, 5.74) is 1.87. The van der Waals surface area contributed by atoms with Crippen LogP contribution in [0.5, 0.6) is 0 Å². The van der Waals surface area contributed by atoms with E-state index in [2.05, 4.69) is 10.4 Å². The van der Waals surface area contributed by atoms with E-state index in [1.54, 1.807) is 11.8 Å². The van der Waals surface area contributed by atoms with Crippen LogP contribution in [0.4, 0.5) is 5.69 Å². The van der Waals surface area contributed by atoms with Crippen LogP contribution >= 0.6 is 0 Å². The summed E-state index contributed by atoms with van der Waals surface area (Å²) < 4.78 is 6.20. The predicted octanol–water partition coefficient (Wildman–Crippen LogP) is 2.76. The summed E-state index contributed by atoms with van der Waals surface area (Å²) in [6, 6.07) is 7.26. The summed E-state index contributed by atoms with van der Waals surface area (Å²) in [5.74, 6) is -1.21.